The van der Waals surface area contributed by atoms with Crippen LogP contribution in [0.4, 0.5) is 4.79 Å². The van der Waals surface area contributed by atoms with Gasteiger partial charge in [-0.2, -0.15) is 0 Å². The molecule has 1 aromatic carbocycles. The van der Waals surface area contributed by atoms with E-state index in [1.165, 1.54) is 12.1 Å². The van der Waals surface area contributed by atoms with E-state index in [2.05, 4.69) is 5.32 Å². The van der Waals surface area contributed by atoms with Crippen molar-refractivity contribution in [1.82, 2.24) is 5.32 Å². The third kappa shape index (κ3) is 20.6. The highest BCUT2D eigenvalue weighted by molar-refractivity contribution is 5.87. The van der Waals surface area contributed by atoms with Crippen molar-refractivity contribution in [2.45, 2.75) is 26.4 Å². The highest BCUT2D eigenvalue weighted by Gasteiger charge is 2.15. The van der Waals surface area contributed by atoms with Gasteiger partial charge in [-0.3, -0.25) is 0 Å². The van der Waals surface area contributed by atoms with E-state index >= 15 is 0 Å². The monoisotopic (exact) mass is 545 g/mol. The molecule has 1 rings (SSSR count). The topological polar surface area (TPSA) is 140 Å². The van der Waals surface area contributed by atoms with Crippen LogP contribution in [-0.2, 0) is 33.2 Å². The molecule has 218 valence electrons. The van der Waals surface area contributed by atoms with E-state index in [0.717, 1.165) is 0 Å². The fraction of sp³-hybridized carbons (Fsp3) is 0.692. The van der Waals surface area contributed by atoms with Crippen LogP contribution in [0.1, 0.15) is 31.1 Å². The Morgan fingerprint density at radius 3 is 1.45 bits per heavy atom. The van der Waals surface area contributed by atoms with Crippen molar-refractivity contribution in [1.29, 1.82) is 0 Å². The van der Waals surface area contributed by atoms with E-state index in [4.69, 9.17) is 43.0 Å². The van der Waals surface area contributed by atoms with Gasteiger partial charge in [-0.1, -0.05) is 0 Å². The molecule has 0 bridgehead atoms. The molecule has 1 amide bonds. The Morgan fingerprint density at radius 2 is 1.05 bits per heavy atom. The first-order chi connectivity index (χ1) is 18.3. The van der Waals surface area contributed by atoms with Crippen molar-refractivity contribution < 1.29 is 52.6 Å². The number of ether oxygens (including phenoxy) is 8. The highest BCUT2D eigenvalue weighted by Crippen LogP contribution is 2.12. The summed E-state index contributed by atoms with van der Waals surface area (Å²) in [6, 6.07) is 6.21. The summed E-state index contributed by atoms with van der Waals surface area (Å²) in [5, 5.41) is 11.5. The molecule has 0 aliphatic rings. The summed E-state index contributed by atoms with van der Waals surface area (Å²) in [6.45, 7) is 11.5. The molecule has 38 heavy (non-hydrogen) atoms. The lowest BCUT2D eigenvalue weighted by molar-refractivity contribution is -0.0177. The number of hydrogen-bond donors (Lipinski definition) is 2. The van der Waals surface area contributed by atoms with Gasteiger partial charge in [0.05, 0.1) is 84.8 Å². The lowest BCUT2D eigenvalue weighted by atomic mass is 10.2. The number of aromatic carboxylic acids is 1. The van der Waals surface area contributed by atoms with E-state index in [1.54, 1.807) is 12.1 Å². The van der Waals surface area contributed by atoms with E-state index in [-0.39, 0.29) is 5.56 Å². The number of carbonyl (C=O) groups excluding carboxylic acids is 1. The van der Waals surface area contributed by atoms with Gasteiger partial charge in [-0.25, -0.2) is 9.59 Å². The maximum Gasteiger partial charge on any atom is 0.407 e. The van der Waals surface area contributed by atoms with Gasteiger partial charge in [0.15, 0.2) is 0 Å². The van der Waals surface area contributed by atoms with Crippen LogP contribution in [0.25, 0.3) is 0 Å². The Morgan fingerprint density at radius 1 is 0.658 bits per heavy atom. The average molecular weight is 546 g/mol. The summed E-state index contributed by atoms with van der Waals surface area (Å²) in [6.07, 6.45) is -0.458. The summed E-state index contributed by atoms with van der Waals surface area (Å²) >= 11 is 0. The number of nitrogens with one attached hydrogen (secondary N) is 1. The molecule has 0 radical (unpaired) electrons. The Labute approximate surface area is 224 Å². The van der Waals surface area contributed by atoms with Gasteiger partial charge >= 0.3 is 12.1 Å². The number of benzene rings is 1. The van der Waals surface area contributed by atoms with Crippen LogP contribution >= 0.6 is 0 Å². The van der Waals surface area contributed by atoms with Crippen molar-refractivity contribution in [2.75, 3.05) is 92.4 Å². The van der Waals surface area contributed by atoms with Crippen LogP contribution in [0.5, 0.6) is 5.75 Å². The SMILES string of the molecule is CC(C)(C)OC(=O)NCCOCCOCCOCCOCCOCCOCCOc1ccc(C(=O)O)cc1. The first-order valence-electron chi connectivity index (χ1n) is 12.7. The third-order valence-corrected chi connectivity index (χ3v) is 4.37. The maximum atomic E-state index is 11.5. The summed E-state index contributed by atoms with van der Waals surface area (Å²) in [7, 11) is 0. The summed E-state index contributed by atoms with van der Waals surface area (Å²) in [4.78, 5) is 22.3. The van der Waals surface area contributed by atoms with Crippen molar-refractivity contribution in [3.63, 3.8) is 0 Å². The molecular weight excluding hydrogens is 502 g/mol. The van der Waals surface area contributed by atoms with E-state index in [0.29, 0.717) is 98.2 Å². The van der Waals surface area contributed by atoms with Crippen LogP contribution in [0.15, 0.2) is 24.3 Å². The smallest absolute Gasteiger partial charge is 0.407 e. The molecule has 2 N–H and O–H groups in total. The largest absolute Gasteiger partial charge is 0.491 e. The Kier molecular flexibility index (Phi) is 18.9. The quantitative estimate of drug-likeness (QED) is 0.196. The van der Waals surface area contributed by atoms with Crippen LogP contribution < -0.4 is 10.1 Å². The van der Waals surface area contributed by atoms with Gasteiger partial charge < -0.3 is 48.3 Å². The molecule has 12 nitrogen and oxygen atoms in total. The Bertz CT molecular complexity index is 738. The van der Waals surface area contributed by atoms with Gasteiger partial charge in [0.1, 0.15) is 18.0 Å². The number of hydrogen-bond acceptors (Lipinski definition) is 10. The first-order valence-corrected chi connectivity index (χ1v) is 12.7. The minimum atomic E-state index is -0.969. The average Bonchev–Trinajstić information content (AvgIpc) is 2.86. The van der Waals surface area contributed by atoms with Crippen LogP contribution in [0.3, 0.4) is 0 Å². The molecule has 0 spiro atoms. The Hall–Kier alpha value is -2.48. The molecular formula is C26H43NO11. The predicted molar refractivity (Wildman–Crippen MR) is 138 cm³/mol. The minimum Gasteiger partial charge on any atom is -0.491 e. The molecule has 0 aliphatic carbocycles. The Balaban J connectivity index is 1.73. The fourth-order valence-electron chi connectivity index (χ4n) is 2.65. The summed E-state index contributed by atoms with van der Waals surface area (Å²) in [5.41, 5.74) is -0.297. The maximum absolute atomic E-state index is 11.5. The molecule has 0 aliphatic heterocycles. The molecule has 1 aromatic rings. The predicted octanol–water partition coefficient (Wildman–Crippen LogP) is 2.39. The molecule has 0 unspecified atom stereocenters. The molecule has 0 fully saturated rings. The van der Waals surface area contributed by atoms with Gasteiger partial charge in [0.25, 0.3) is 0 Å². The number of carbonyl (C=O) groups is 2. The van der Waals surface area contributed by atoms with Gasteiger partial charge in [-0.05, 0) is 45.0 Å². The van der Waals surface area contributed by atoms with E-state index in [9.17, 15) is 9.59 Å². The second-order valence-electron chi connectivity index (χ2n) is 8.78. The van der Waals surface area contributed by atoms with E-state index in [1.807, 2.05) is 20.8 Å². The molecule has 0 atom stereocenters. The fourth-order valence-corrected chi connectivity index (χ4v) is 2.65. The van der Waals surface area contributed by atoms with Crippen LogP contribution in [-0.4, -0.2) is 115 Å². The van der Waals surface area contributed by atoms with E-state index < -0.39 is 17.7 Å². The van der Waals surface area contributed by atoms with Crippen molar-refractivity contribution >= 4 is 12.1 Å². The lowest BCUT2D eigenvalue weighted by Gasteiger charge is -2.19. The minimum absolute atomic E-state index is 0.218. The van der Waals surface area contributed by atoms with Crippen molar-refractivity contribution in [3.05, 3.63) is 29.8 Å². The van der Waals surface area contributed by atoms with Crippen molar-refractivity contribution in [3.8, 4) is 5.75 Å². The normalized spacial score (nSPS) is 11.3. The molecule has 0 saturated carbocycles. The molecule has 12 heteroatoms. The molecule has 0 heterocycles. The van der Waals surface area contributed by atoms with Crippen molar-refractivity contribution in [2.24, 2.45) is 0 Å². The number of rotatable bonds is 23. The zero-order valence-electron chi connectivity index (χ0n) is 22.7. The second kappa shape index (κ2) is 21.5. The summed E-state index contributed by atoms with van der Waals surface area (Å²) in [5.74, 6) is -0.375. The highest BCUT2D eigenvalue weighted by atomic mass is 16.6. The second-order valence-corrected chi connectivity index (χ2v) is 8.78. The first kappa shape index (κ1) is 33.5. The molecule has 0 aromatic heterocycles. The standard InChI is InChI=1S/C26H43NO11/c1-26(2,3)38-25(30)27-8-9-31-10-11-32-12-13-33-14-15-34-16-17-35-18-19-36-20-21-37-23-6-4-22(5-7-23)24(28)29/h4-7H,8-21H2,1-3H3,(H,27,30)(H,28,29). The van der Waals surface area contributed by atoms with Gasteiger partial charge in [-0.15, -0.1) is 0 Å². The van der Waals surface area contributed by atoms with Gasteiger partial charge in [0.2, 0.25) is 0 Å². The lowest BCUT2D eigenvalue weighted by Crippen LogP contribution is -2.34. The zero-order chi connectivity index (χ0) is 27.9. The van der Waals surface area contributed by atoms with Gasteiger partial charge in [0, 0.05) is 6.54 Å². The third-order valence-electron chi connectivity index (χ3n) is 4.37. The number of carboxylic acid groups (broad SMARTS) is 1. The van der Waals surface area contributed by atoms with Crippen LogP contribution in [0.2, 0.25) is 0 Å². The number of carboxylic acids is 1. The summed E-state index contributed by atoms with van der Waals surface area (Å²) < 4.78 is 43.1. The van der Waals surface area contributed by atoms with Crippen LogP contribution in [0, 0.1) is 0 Å². The molecule has 0 saturated heterocycles. The number of amides is 1. The number of alkyl carbamates (subject to hydrolysis) is 1. The zero-order valence-corrected chi connectivity index (χ0v) is 22.7.